The van der Waals surface area contributed by atoms with Gasteiger partial charge in [-0.05, 0) is 43.5 Å². The summed E-state index contributed by atoms with van der Waals surface area (Å²) >= 11 is 0. The number of piperidine rings is 1. The number of amides is 2. The molecule has 2 heterocycles. The maximum atomic E-state index is 13.5. The van der Waals surface area contributed by atoms with E-state index in [1.165, 1.54) is 19.2 Å². The topological polar surface area (TPSA) is 49.9 Å². The second kappa shape index (κ2) is 8.09. The average molecular weight is 430 g/mol. The van der Waals surface area contributed by atoms with Crippen LogP contribution < -0.4 is 9.64 Å². The fourth-order valence-corrected chi connectivity index (χ4v) is 4.08. The number of nitrogens with zero attached hydrogens (tertiary/aromatic N) is 2. The van der Waals surface area contributed by atoms with Crippen LogP contribution >= 0.6 is 0 Å². The van der Waals surface area contributed by atoms with Gasteiger partial charge in [0.15, 0.2) is 0 Å². The zero-order chi connectivity index (χ0) is 22.2. The second-order valence-electron chi connectivity index (χ2n) is 7.47. The van der Waals surface area contributed by atoms with Gasteiger partial charge in [-0.3, -0.25) is 9.59 Å². The van der Waals surface area contributed by atoms with E-state index in [4.69, 9.17) is 4.74 Å². The van der Waals surface area contributed by atoms with Crippen LogP contribution in [0.5, 0.6) is 5.75 Å². The lowest BCUT2D eigenvalue weighted by atomic mass is 10.0. The summed E-state index contributed by atoms with van der Waals surface area (Å²) in [6, 6.07) is 11.1. The van der Waals surface area contributed by atoms with Gasteiger partial charge in [-0.15, -0.1) is 0 Å². The number of imide groups is 1. The van der Waals surface area contributed by atoms with E-state index >= 15 is 0 Å². The normalized spacial score (nSPS) is 17.5. The van der Waals surface area contributed by atoms with Gasteiger partial charge in [-0.25, -0.2) is 4.90 Å². The Morgan fingerprint density at radius 3 is 2.29 bits per heavy atom. The summed E-state index contributed by atoms with van der Waals surface area (Å²) in [6.07, 6.45) is -1.83. The van der Waals surface area contributed by atoms with Crippen molar-refractivity contribution < 1.29 is 27.5 Å². The number of alkyl halides is 3. The first kappa shape index (κ1) is 21.0. The lowest BCUT2D eigenvalue weighted by Crippen LogP contribution is -2.37. The van der Waals surface area contributed by atoms with Crippen molar-refractivity contribution in [1.82, 2.24) is 4.90 Å². The number of carbonyl (C=O) groups is 2. The second-order valence-corrected chi connectivity index (χ2v) is 7.47. The van der Waals surface area contributed by atoms with E-state index < -0.39 is 23.6 Å². The van der Waals surface area contributed by atoms with Crippen LogP contribution in [-0.4, -0.2) is 36.9 Å². The van der Waals surface area contributed by atoms with Crippen LogP contribution in [0.1, 0.15) is 30.4 Å². The highest BCUT2D eigenvalue weighted by Crippen LogP contribution is 2.40. The lowest BCUT2D eigenvalue weighted by Gasteiger charge is -2.29. The van der Waals surface area contributed by atoms with Gasteiger partial charge in [0.05, 0.1) is 23.9 Å². The largest absolute Gasteiger partial charge is 0.496 e. The number of anilines is 1. The molecule has 2 aliphatic heterocycles. The molecule has 2 amide bonds. The van der Waals surface area contributed by atoms with Crippen molar-refractivity contribution in [2.24, 2.45) is 0 Å². The fourth-order valence-electron chi connectivity index (χ4n) is 4.08. The van der Waals surface area contributed by atoms with Crippen molar-refractivity contribution in [3.63, 3.8) is 0 Å². The summed E-state index contributed by atoms with van der Waals surface area (Å²) in [7, 11) is 1.46. The summed E-state index contributed by atoms with van der Waals surface area (Å²) < 4.78 is 45.1. The minimum absolute atomic E-state index is 0.107. The van der Waals surface area contributed by atoms with Gasteiger partial charge in [0.25, 0.3) is 11.8 Å². The van der Waals surface area contributed by atoms with E-state index in [0.717, 1.165) is 36.3 Å². The number of para-hydroxylation sites is 1. The molecule has 0 aromatic heterocycles. The number of methoxy groups -OCH3 is 1. The quantitative estimate of drug-likeness (QED) is 0.671. The molecule has 2 aromatic rings. The third-order valence-corrected chi connectivity index (χ3v) is 5.54. The smallest absolute Gasteiger partial charge is 0.416 e. The highest BCUT2D eigenvalue weighted by Gasteiger charge is 2.44. The van der Waals surface area contributed by atoms with Gasteiger partial charge in [-0.2, -0.15) is 13.2 Å². The maximum absolute atomic E-state index is 13.5. The molecular formula is C23H21F3N2O3. The van der Waals surface area contributed by atoms with Crippen LogP contribution in [0.25, 0.3) is 5.57 Å². The summed E-state index contributed by atoms with van der Waals surface area (Å²) in [4.78, 5) is 29.6. The molecule has 0 saturated carbocycles. The monoisotopic (exact) mass is 430 g/mol. The highest BCUT2D eigenvalue weighted by molar-refractivity contribution is 6.45. The molecule has 4 rings (SSSR count). The third kappa shape index (κ3) is 3.78. The van der Waals surface area contributed by atoms with Crippen LogP contribution in [0.4, 0.5) is 18.9 Å². The van der Waals surface area contributed by atoms with E-state index in [0.29, 0.717) is 24.4 Å². The number of ether oxygens (including phenoxy) is 1. The average Bonchev–Trinajstić information content (AvgIpc) is 3.03. The fraction of sp³-hybridized carbons (Fsp3) is 0.304. The molecule has 5 nitrogen and oxygen atoms in total. The molecule has 0 bridgehead atoms. The van der Waals surface area contributed by atoms with Gasteiger partial charge in [0.1, 0.15) is 11.4 Å². The number of rotatable bonds is 4. The van der Waals surface area contributed by atoms with Crippen LogP contribution in [-0.2, 0) is 15.8 Å². The van der Waals surface area contributed by atoms with Gasteiger partial charge < -0.3 is 9.64 Å². The Bertz CT molecular complexity index is 1060. The molecule has 162 valence electrons. The van der Waals surface area contributed by atoms with E-state index in [1.54, 1.807) is 24.3 Å². The number of hydrogen-bond donors (Lipinski definition) is 0. The van der Waals surface area contributed by atoms with E-state index in [-0.39, 0.29) is 17.0 Å². The Morgan fingerprint density at radius 2 is 1.61 bits per heavy atom. The number of carbonyl (C=O) groups excluding carboxylic acids is 2. The summed E-state index contributed by atoms with van der Waals surface area (Å²) in [5.74, 6) is -0.861. The predicted molar refractivity (Wildman–Crippen MR) is 109 cm³/mol. The van der Waals surface area contributed by atoms with Crippen molar-refractivity contribution >= 4 is 23.1 Å². The lowest BCUT2D eigenvalue weighted by molar-refractivity contribution is -0.137. The molecule has 0 N–H and O–H groups in total. The minimum Gasteiger partial charge on any atom is -0.496 e. The molecular weight excluding hydrogens is 409 g/mol. The molecule has 1 saturated heterocycles. The first-order valence-corrected chi connectivity index (χ1v) is 10.0. The summed E-state index contributed by atoms with van der Waals surface area (Å²) in [5.41, 5.74) is -0.216. The molecule has 0 spiro atoms. The van der Waals surface area contributed by atoms with Crippen LogP contribution in [0.3, 0.4) is 0 Å². The molecule has 8 heteroatoms. The minimum atomic E-state index is -4.59. The Hall–Kier alpha value is -3.29. The SMILES string of the molecule is COc1ccccc1C1=C(N2CCCCC2)C(=O)N(c2cccc(C(F)(F)F)c2)C1=O. The predicted octanol–water partition coefficient (Wildman–Crippen LogP) is 4.48. The third-order valence-electron chi connectivity index (χ3n) is 5.54. The van der Waals surface area contributed by atoms with Crippen LogP contribution in [0.15, 0.2) is 54.2 Å². The van der Waals surface area contributed by atoms with Crippen molar-refractivity contribution in [2.75, 3.05) is 25.1 Å². The van der Waals surface area contributed by atoms with Crippen LogP contribution in [0.2, 0.25) is 0 Å². The van der Waals surface area contributed by atoms with Crippen LogP contribution in [0, 0.1) is 0 Å². The van der Waals surface area contributed by atoms with Crippen molar-refractivity contribution in [3.05, 3.63) is 65.4 Å². The summed E-state index contributed by atoms with van der Waals surface area (Å²) in [5, 5.41) is 0. The molecule has 1 fully saturated rings. The zero-order valence-corrected chi connectivity index (χ0v) is 16.9. The molecule has 2 aliphatic rings. The Morgan fingerprint density at radius 1 is 0.903 bits per heavy atom. The maximum Gasteiger partial charge on any atom is 0.416 e. The van der Waals surface area contributed by atoms with Gasteiger partial charge >= 0.3 is 6.18 Å². The van der Waals surface area contributed by atoms with Crippen molar-refractivity contribution in [1.29, 1.82) is 0 Å². The molecule has 31 heavy (non-hydrogen) atoms. The van der Waals surface area contributed by atoms with Crippen molar-refractivity contribution in [3.8, 4) is 5.75 Å². The zero-order valence-electron chi connectivity index (χ0n) is 16.9. The van der Waals surface area contributed by atoms with E-state index in [2.05, 4.69) is 0 Å². The first-order chi connectivity index (χ1) is 14.8. The van der Waals surface area contributed by atoms with Gasteiger partial charge in [0, 0.05) is 18.7 Å². The summed E-state index contributed by atoms with van der Waals surface area (Å²) in [6.45, 7) is 1.20. The van der Waals surface area contributed by atoms with Gasteiger partial charge in [0.2, 0.25) is 0 Å². The number of benzene rings is 2. The van der Waals surface area contributed by atoms with E-state index in [9.17, 15) is 22.8 Å². The van der Waals surface area contributed by atoms with Gasteiger partial charge in [-0.1, -0.05) is 24.3 Å². The standard InChI is InChI=1S/C23H21F3N2O3/c1-31-18-11-4-3-10-17(18)19-20(27-12-5-2-6-13-27)22(30)28(21(19)29)16-9-7-8-15(14-16)23(24,25)26/h3-4,7-11,14H,2,5-6,12-13H2,1H3. The Labute approximate surface area is 177 Å². The number of halogens is 3. The van der Waals surface area contributed by atoms with E-state index in [1.807, 2.05) is 4.90 Å². The molecule has 0 radical (unpaired) electrons. The highest BCUT2D eigenvalue weighted by atomic mass is 19.4. The van der Waals surface area contributed by atoms with Crippen molar-refractivity contribution in [2.45, 2.75) is 25.4 Å². The molecule has 0 atom stereocenters. The number of hydrogen-bond acceptors (Lipinski definition) is 4. The Balaban J connectivity index is 1.85. The Kier molecular flexibility index (Phi) is 5.47. The molecule has 0 unspecified atom stereocenters. The number of likely N-dealkylation sites (tertiary alicyclic amines) is 1. The molecule has 2 aromatic carbocycles. The first-order valence-electron chi connectivity index (χ1n) is 10.0. The molecule has 0 aliphatic carbocycles.